The van der Waals surface area contributed by atoms with Crippen molar-refractivity contribution in [2.75, 3.05) is 26.2 Å². The van der Waals surface area contributed by atoms with E-state index in [4.69, 9.17) is 16.3 Å². The molecular weight excluding hydrogens is 407 g/mol. The zero-order valence-electron chi connectivity index (χ0n) is 14.8. The first kappa shape index (κ1) is 19.2. The van der Waals surface area contributed by atoms with Crippen molar-refractivity contribution in [3.05, 3.63) is 58.9 Å². The number of sulfonamides is 1. The molecule has 0 bridgehead atoms. The van der Waals surface area contributed by atoms with Crippen molar-refractivity contribution >= 4 is 27.5 Å². The molecule has 2 aromatic rings. The number of piperazine rings is 1. The van der Waals surface area contributed by atoms with Crippen LogP contribution in [0.1, 0.15) is 5.56 Å². The Morgan fingerprint density at radius 3 is 2.43 bits per heavy atom. The number of nitrogens with zero attached hydrogens (tertiary/aromatic N) is 2. The number of amides is 1. The van der Waals surface area contributed by atoms with E-state index in [0.717, 1.165) is 17.7 Å². The topological polar surface area (TPSA) is 66.9 Å². The molecule has 9 heteroatoms. The second-order valence-electron chi connectivity index (χ2n) is 6.75. The number of rotatable bonds is 3. The average Bonchev–Trinajstić information content (AvgIpc) is 3.11. The zero-order valence-corrected chi connectivity index (χ0v) is 16.4. The van der Waals surface area contributed by atoms with Crippen LogP contribution in [0.2, 0.25) is 5.02 Å². The van der Waals surface area contributed by atoms with Crippen molar-refractivity contribution in [3.63, 3.8) is 0 Å². The third kappa shape index (κ3) is 3.59. The van der Waals surface area contributed by atoms with Crippen LogP contribution >= 0.6 is 11.6 Å². The number of hydrogen-bond donors (Lipinski definition) is 0. The minimum atomic E-state index is -3.71. The Balaban J connectivity index is 1.39. The number of halogens is 2. The number of ether oxygens (including phenoxy) is 1. The van der Waals surface area contributed by atoms with Crippen LogP contribution in [-0.4, -0.2) is 55.8 Å². The van der Waals surface area contributed by atoms with E-state index in [2.05, 4.69) is 0 Å². The van der Waals surface area contributed by atoms with Gasteiger partial charge in [-0.25, -0.2) is 12.8 Å². The maximum atomic E-state index is 13.1. The van der Waals surface area contributed by atoms with Gasteiger partial charge < -0.3 is 9.64 Å². The number of benzene rings is 2. The summed E-state index contributed by atoms with van der Waals surface area (Å²) >= 11 is 5.98. The van der Waals surface area contributed by atoms with Gasteiger partial charge in [-0.05, 0) is 48.0 Å². The van der Waals surface area contributed by atoms with Gasteiger partial charge in [0.15, 0.2) is 6.10 Å². The highest BCUT2D eigenvalue weighted by Crippen LogP contribution is 2.32. The van der Waals surface area contributed by atoms with Gasteiger partial charge in [0.1, 0.15) is 11.6 Å². The average molecular weight is 425 g/mol. The molecule has 4 rings (SSSR count). The lowest BCUT2D eigenvalue weighted by Crippen LogP contribution is -2.53. The molecule has 1 fully saturated rings. The lowest BCUT2D eigenvalue weighted by atomic mass is 10.1. The second-order valence-corrected chi connectivity index (χ2v) is 9.12. The van der Waals surface area contributed by atoms with Crippen LogP contribution in [0.3, 0.4) is 0 Å². The normalized spacial score (nSPS) is 19.9. The van der Waals surface area contributed by atoms with E-state index in [9.17, 15) is 17.6 Å². The van der Waals surface area contributed by atoms with Crippen molar-refractivity contribution in [2.24, 2.45) is 0 Å². The fourth-order valence-corrected chi connectivity index (χ4v) is 5.08. The Hall–Kier alpha value is -2.16. The Morgan fingerprint density at radius 2 is 1.75 bits per heavy atom. The third-order valence-corrected chi connectivity index (χ3v) is 7.12. The molecule has 0 aromatic heterocycles. The highest BCUT2D eigenvalue weighted by atomic mass is 35.5. The molecule has 2 heterocycles. The third-order valence-electron chi connectivity index (χ3n) is 4.97. The molecule has 1 amide bonds. The van der Waals surface area contributed by atoms with Crippen molar-refractivity contribution in [2.45, 2.75) is 17.4 Å². The lowest BCUT2D eigenvalue weighted by Gasteiger charge is -2.35. The molecular formula is C19H18ClFN2O4S. The lowest BCUT2D eigenvalue weighted by molar-refractivity contribution is -0.139. The summed E-state index contributed by atoms with van der Waals surface area (Å²) < 4.78 is 45.5. The van der Waals surface area contributed by atoms with Crippen molar-refractivity contribution < 1.29 is 22.3 Å². The van der Waals surface area contributed by atoms with Gasteiger partial charge in [0.25, 0.3) is 5.91 Å². The number of fused-ring (bicyclic) bond motifs is 1. The van der Waals surface area contributed by atoms with Crippen LogP contribution in [0.15, 0.2) is 47.4 Å². The fourth-order valence-electron chi connectivity index (χ4n) is 3.46. The van der Waals surface area contributed by atoms with E-state index in [1.807, 2.05) is 0 Å². The Kier molecular flexibility index (Phi) is 5.03. The van der Waals surface area contributed by atoms with E-state index in [0.29, 0.717) is 17.2 Å². The van der Waals surface area contributed by atoms with Gasteiger partial charge in [-0.2, -0.15) is 4.31 Å². The molecule has 6 nitrogen and oxygen atoms in total. The summed E-state index contributed by atoms with van der Waals surface area (Å²) in [5.74, 6) is -0.000334. The summed E-state index contributed by atoms with van der Waals surface area (Å²) in [6, 6.07) is 9.98. The van der Waals surface area contributed by atoms with Crippen LogP contribution in [0, 0.1) is 5.82 Å². The van der Waals surface area contributed by atoms with Gasteiger partial charge in [-0.3, -0.25) is 4.79 Å². The Bertz CT molecular complexity index is 1010. The summed E-state index contributed by atoms with van der Waals surface area (Å²) in [5.41, 5.74) is 0.892. The highest BCUT2D eigenvalue weighted by Gasteiger charge is 2.36. The maximum absolute atomic E-state index is 13.1. The van der Waals surface area contributed by atoms with Gasteiger partial charge in [0.05, 0.1) is 4.90 Å². The highest BCUT2D eigenvalue weighted by molar-refractivity contribution is 7.89. The maximum Gasteiger partial charge on any atom is 0.264 e. The molecule has 1 saturated heterocycles. The van der Waals surface area contributed by atoms with E-state index in [1.165, 1.54) is 16.4 Å². The molecule has 2 aliphatic heterocycles. The minimum absolute atomic E-state index is 0.0418. The first-order valence-corrected chi connectivity index (χ1v) is 10.7. The molecule has 2 aromatic carbocycles. The van der Waals surface area contributed by atoms with Gasteiger partial charge in [-0.1, -0.05) is 11.6 Å². The Labute approximate surface area is 167 Å². The SMILES string of the molecule is O=C([C@@H]1Cc2cc(Cl)ccc2O1)N1CCN(S(=O)(=O)c2ccc(F)cc2)CC1. The quantitative estimate of drug-likeness (QED) is 0.758. The molecule has 2 aliphatic rings. The fraction of sp³-hybridized carbons (Fsp3) is 0.316. The molecule has 0 aliphatic carbocycles. The zero-order chi connectivity index (χ0) is 19.9. The van der Waals surface area contributed by atoms with Crippen molar-refractivity contribution in [1.82, 2.24) is 9.21 Å². The van der Waals surface area contributed by atoms with Crippen LogP contribution in [-0.2, 0) is 21.2 Å². The van der Waals surface area contributed by atoms with Gasteiger partial charge in [0, 0.05) is 37.6 Å². The Morgan fingerprint density at radius 1 is 1.07 bits per heavy atom. The van der Waals surface area contributed by atoms with E-state index < -0.39 is 21.9 Å². The summed E-state index contributed by atoms with van der Waals surface area (Å²) in [6.07, 6.45) is -0.170. The van der Waals surface area contributed by atoms with Gasteiger partial charge in [-0.15, -0.1) is 0 Å². The van der Waals surface area contributed by atoms with Crippen LogP contribution in [0.25, 0.3) is 0 Å². The molecule has 0 N–H and O–H groups in total. The van der Waals surface area contributed by atoms with Crippen LogP contribution < -0.4 is 4.74 Å². The predicted molar refractivity (Wildman–Crippen MR) is 101 cm³/mol. The monoisotopic (exact) mass is 424 g/mol. The smallest absolute Gasteiger partial charge is 0.264 e. The number of hydrogen-bond acceptors (Lipinski definition) is 4. The standard InChI is InChI=1S/C19H18ClFN2O4S/c20-14-1-6-17-13(11-14)12-18(27-17)19(24)22-7-9-23(10-8-22)28(25,26)16-4-2-15(21)3-5-16/h1-6,11,18H,7-10,12H2/t18-/m0/s1. The number of carbonyl (C=O) groups is 1. The number of carbonyl (C=O) groups excluding carboxylic acids is 1. The molecule has 0 spiro atoms. The molecule has 1 atom stereocenters. The molecule has 0 radical (unpaired) electrons. The molecule has 0 unspecified atom stereocenters. The molecule has 0 saturated carbocycles. The van der Waals surface area contributed by atoms with Crippen molar-refractivity contribution in [3.8, 4) is 5.75 Å². The van der Waals surface area contributed by atoms with Crippen LogP contribution in [0.4, 0.5) is 4.39 Å². The summed E-state index contributed by atoms with van der Waals surface area (Å²) in [7, 11) is -3.71. The van der Waals surface area contributed by atoms with Gasteiger partial charge in [0.2, 0.25) is 10.0 Å². The first-order chi connectivity index (χ1) is 13.3. The minimum Gasteiger partial charge on any atom is -0.480 e. The summed E-state index contributed by atoms with van der Waals surface area (Å²) in [6.45, 7) is 0.903. The van der Waals surface area contributed by atoms with Crippen LogP contribution in [0.5, 0.6) is 5.75 Å². The summed E-state index contributed by atoms with van der Waals surface area (Å²) in [4.78, 5) is 14.4. The molecule has 28 heavy (non-hydrogen) atoms. The van der Waals surface area contributed by atoms with Crippen molar-refractivity contribution in [1.29, 1.82) is 0 Å². The van der Waals surface area contributed by atoms with E-state index in [-0.39, 0.29) is 37.0 Å². The predicted octanol–water partition coefficient (Wildman–Crippen LogP) is 2.32. The van der Waals surface area contributed by atoms with E-state index >= 15 is 0 Å². The first-order valence-electron chi connectivity index (χ1n) is 8.84. The van der Waals surface area contributed by atoms with E-state index in [1.54, 1.807) is 23.1 Å². The largest absolute Gasteiger partial charge is 0.480 e. The molecule has 148 valence electrons. The van der Waals surface area contributed by atoms with Gasteiger partial charge >= 0.3 is 0 Å². The summed E-state index contributed by atoms with van der Waals surface area (Å²) in [5, 5.41) is 0.593. The second kappa shape index (κ2) is 7.35.